The Labute approximate surface area is 168 Å². The molecule has 1 heterocycles. The van der Waals surface area contributed by atoms with E-state index < -0.39 is 11.6 Å². The van der Waals surface area contributed by atoms with Crippen LogP contribution in [-0.4, -0.2) is 37.9 Å². The summed E-state index contributed by atoms with van der Waals surface area (Å²) in [6.45, 7) is 3.07. The molecule has 29 heavy (non-hydrogen) atoms. The molecule has 2 aromatic carbocycles. The van der Waals surface area contributed by atoms with E-state index in [-0.39, 0.29) is 29.1 Å². The average Bonchev–Trinajstić information content (AvgIpc) is 2.69. The van der Waals surface area contributed by atoms with Crippen molar-refractivity contribution in [2.75, 3.05) is 31.7 Å². The van der Waals surface area contributed by atoms with Crippen molar-refractivity contribution < 1.29 is 28.2 Å². The van der Waals surface area contributed by atoms with Crippen LogP contribution in [0.5, 0.6) is 11.5 Å². The smallest absolute Gasteiger partial charge is 0.306 e. The lowest BCUT2D eigenvalue weighted by molar-refractivity contribution is -0.144. The third kappa shape index (κ3) is 4.78. The summed E-state index contributed by atoms with van der Waals surface area (Å²) in [5, 5.41) is 9.92. The van der Waals surface area contributed by atoms with Gasteiger partial charge in [0.05, 0.1) is 13.7 Å². The molecule has 3 rings (SSSR count). The first kappa shape index (κ1) is 20.9. The minimum absolute atomic E-state index is 0.0546. The summed E-state index contributed by atoms with van der Waals surface area (Å²) in [7, 11) is 1.43. The van der Waals surface area contributed by atoms with Gasteiger partial charge in [-0.3, -0.25) is 4.79 Å². The summed E-state index contributed by atoms with van der Waals surface area (Å²) in [5.41, 5.74) is 0.765. The normalized spacial score (nSPS) is 14.7. The third-order valence-electron chi connectivity index (χ3n) is 5.22. The maximum Gasteiger partial charge on any atom is 0.306 e. The number of anilines is 1. The van der Waals surface area contributed by atoms with E-state index in [4.69, 9.17) is 9.47 Å². The van der Waals surface area contributed by atoms with E-state index in [1.54, 1.807) is 24.0 Å². The largest absolute Gasteiger partial charge is 0.504 e. The van der Waals surface area contributed by atoms with Gasteiger partial charge in [-0.15, -0.1) is 0 Å². The number of phenols is 1. The molecule has 0 aromatic heterocycles. The van der Waals surface area contributed by atoms with Crippen LogP contribution >= 0.6 is 0 Å². The number of rotatable bonds is 6. The molecule has 156 valence electrons. The molecule has 0 atom stereocenters. The van der Waals surface area contributed by atoms with Gasteiger partial charge in [-0.25, -0.2) is 8.78 Å². The van der Waals surface area contributed by atoms with Crippen molar-refractivity contribution in [3.63, 3.8) is 0 Å². The second-order valence-electron chi connectivity index (χ2n) is 7.11. The molecule has 1 fully saturated rings. The number of nitrogens with zero attached hydrogens (tertiary/aromatic N) is 1. The summed E-state index contributed by atoms with van der Waals surface area (Å²) in [5.74, 6) is -1.18. The van der Waals surface area contributed by atoms with Crippen molar-refractivity contribution >= 4 is 11.7 Å². The van der Waals surface area contributed by atoms with Crippen molar-refractivity contribution in [3.8, 4) is 22.6 Å². The van der Waals surface area contributed by atoms with Crippen molar-refractivity contribution in [3.05, 3.63) is 42.0 Å². The van der Waals surface area contributed by atoms with E-state index in [0.29, 0.717) is 50.1 Å². The lowest BCUT2D eigenvalue weighted by Crippen LogP contribution is -2.35. The Bertz CT molecular complexity index is 856. The van der Waals surface area contributed by atoms with E-state index in [2.05, 4.69) is 0 Å². The van der Waals surface area contributed by atoms with Gasteiger partial charge in [-0.05, 0) is 61.1 Å². The number of benzene rings is 2. The van der Waals surface area contributed by atoms with Crippen LogP contribution < -0.4 is 9.64 Å². The Morgan fingerprint density at radius 3 is 2.34 bits per heavy atom. The monoisotopic (exact) mass is 405 g/mol. The van der Waals surface area contributed by atoms with Gasteiger partial charge < -0.3 is 19.5 Å². The zero-order valence-electron chi connectivity index (χ0n) is 16.6. The average molecular weight is 405 g/mol. The van der Waals surface area contributed by atoms with E-state index >= 15 is 0 Å². The number of aromatic hydroxyl groups is 1. The maximum absolute atomic E-state index is 14.8. The zero-order chi connectivity index (χ0) is 21.0. The van der Waals surface area contributed by atoms with Crippen LogP contribution in [0.15, 0.2) is 30.3 Å². The molecule has 1 aliphatic heterocycles. The van der Waals surface area contributed by atoms with Crippen molar-refractivity contribution in [2.24, 2.45) is 5.92 Å². The van der Waals surface area contributed by atoms with Gasteiger partial charge >= 0.3 is 5.97 Å². The topological polar surface area (TPSA) is 59.0 Å². The van der Waals surface area contributed by atoms with Crippen LogP contribution in [0, 0.1) is 17.6 Å². The first-order valence-electron chi connectivity index (χ1n) is 9.70. The van der Waals surface area contributed by atoms with Gasteiger partial charge in [-0.2, -0.15) is 0 Å². The Balaban J connectivity index is 1.74. The second-order valence-corrected chi connectivity index (χ2v) is 7.11. The van der Waals surface area contributed by atoms with Gasteiger partial charge in [0.1, 0.15) is 17.3 Å². The summed E-state index contributed by atoms with van der Waals surface area (Å²) >= 11 is 0. The van der Waals surface area contributed by atoms with Gasteiger partial charge in [0.15, 0.2) is 11.5 Å². The van der Waals surface area contributed by atoms with Crippen LogP contribution in [0.4, 0.5) is 14.5 Å². The summed E-state index contributed by atoms with van der Waals surface area (Å²) in [4.78, 5) is 13.3. The maximum atomic E-state index is 14.8. The molecule has 1 saturated heterocycles. The number of methoxy groups -OCH3 is 1. The fraction of sp³-hybridized carbons (Fsp3) is 0.409. The first-order chi connectivity index (χ1) is 13.9. The molecule has 0 spiro atoms. The molecule has 0 amide bonds. The third-order valence-corrected chi connectivity index (χ3v) is 5.22. The number of hydrogen-bond acceptors (Lipinski definition) is 5. The Morgan fingerprint density at radius 2 is 1.79 bits per heavy atom. The van der Waals surface area contributed by atoms with Gasteiger partial charge in [0, 0.05) is 19.5 Å². The highest BCUT2D eigenvalue weighted by Crippen LogP contribution is 2.35. The summed E-state index contributed by atoms with van der Waals surface area (Å²) in [6.07, 6.45) is 1.68. The SMILES string of the molecule is CCOC(=O)CC1CCN(c2c(F)cc(-c3ccc(OC)c(O)c3)cc2F)CC1. The number of hydrogen-bond donors (Lipinski definition) is 1. The van der Waals surface area contributed by atoms with Crippen molar-refractivity contribution in [1.82, 2.24) is 0 Å². The molecule has 1 aliphatic rings. The number of carbonyl (C=O) groups excluding carboxylic acids is 1. The summed E-state index contributed by atoms with van der Waals surface area (Å²) < 4.78 is 39.6. The molecular weight excluding hydrogens is 380 g/mol. The predicted octanol–water partition coefficient (Wildman–Crippen LogP) is 4.52. The van der Waals surface area contributed by atoms with Crippen molar-refractivity contribution in [1.29, 1.82) is 0 Å². The standard InChI is InChI=1S/C22H25F2NO4/c1-3-29-21(27)10-14-6-8-25(9-7-14)22-17(23)11-16(12-18(22)24)15-4-5-20(28-2)19(26)13-15/h4-5,11-14,26H,3,6-10H2,1-2H3. The van der Waals surface area contributed by atoms with E-state index in [0.717, 1.165) is 0 Å². The lowest BCUT2D eigenvalue weighted by Gasteiger charge is -2.33. The fourth-order valence-corrected chi connectivity index (χ4v) is 3.72. The molecule has 0 unspecified atom stereocenters. The molecular formula is C22H25F2NO4. The molecule has 5 nitrogen and oxygen atoms in total. The molecule has 0 bridgehead atoms. The van der Waals surface area contributed by atoms with Crippen LogP contribution in [0.2, 0.25) is 0 Å². The van der Waals surface area contributed by atoms with Gasteiger partial charge in [-0.1, -0.05) is 6.07 Å². The first-order valence-corrected chi connectivity index (χ1v) is 9.70. The number of piperidine rings is 1. The van der Waals surface area contributed by atoms with E-state index in [1.165, 1.54) is 25.3 Å². The molecule has 1 N–H and O–H groups in total. The lowest BCUT2D eigenvalue weighted by atomic mass is 9.93. The van der Waals surface area contributed by atoms with Crippen LogP contribution in [0.1, 0.15) is 26.2 Å². The van der Waals surface area contributed by atoms with E-state index in [1.807, 2.05) is 0 Å². The minimum Gasteiger partial charge on any atom is -0.504 e. The second kappa shape index (κ2) is 9.11. The number of carbonyl (C=O) groups is 1. The van der Waals surface area contributed by atoms with Gasteiger partial charge in [0.25, 0.3) is 0 Å². The highest BCUT2D eigenvalue weighted by atomic mass is 19.1. The zero-order valence-corrected chi connectivity index (χ0v) is 16.6. The number of ether oxygens (including phenoxy) is 2. The van der Waals surface area contributed by atoms with E-state index in [9.17, 15) is 18.7 Å². The van der Waals surface area contributed by atoms with Crippen LogP contribution in [0.3, 0.4) is 0 Å². The predicted molar refractivity (Wildman–Crippen MR) is 106 cm³/mol. The summed E-state index contributed by atoms with van der Waals surface area (Å²) in [6, 6.07) is 7.12. The quantitative estimate of drug-likeness (QED) is 0.717. The molecule has 2 aromatic rings. The minimum atomic E-state index is -0.654. The number of esters is 1. The van der Waals surface area contributed by atoms with Gasteiger partial charge in [0.2, 0.25) is 0 Å². The highest BCUT2D eigenvalue weighted by molar-refractivity contribution is 5.71. The molecule has 0 aliphatic carbocycles. The van der Waals surface area contributed by atoms with Crippen LogP contribution in [0.25, 0.3) is 11.1 Å². The number of phenolic OH excluding ortho intramolecular Hbond substituents is 1. The Morgan fingerprint density at radius 1 is 1.14 bits per heavy atom. The molecule has 0 saturated carbocycles. The highest BCUT2D eigenvalue weighted by Gasteiger charge is 2.26. The fourth-order valence-electron chi connectivity index (χ4n) is 3.72. The van der Waals surface area contributed by atoms with Crippen LogP contribution in [-0.2, 0) is 9.53 Å². The number of halogens is 2. The Hall–Kier alpha value is -2.83. The van der Waals surface area contributed by atoms with Crippen molar-refractivity contribution in [2.45, 2.75) is 26.2 Å². The molecule has 7 heteroatoms. The Kier molecular flexibility index (Phi) is 6.56. The molecule has 0 radical (unpaired) electrons.